The van der Waals surface area contributed by atoms with E-state index in [1.54, 1.807) is 0 Å². The fraction of sp³-hybridized carbons (Fsp3) is 0.875. The monoisotopic (exact) mass is 142 g/mol. The van der Waals surface area contributed by atoms with Crippen LogP contribution in [0.25, 0.3) is 0 Å². The molecule has 0 aromatic rings. The summed E-state index contributed by atoms with van der Waals surface area (Å²) in [5.41, 5.74) is 0. The van der Waals surface area contributed by atoms with Crippen molar-refractivity contribution in [2.75, 3.05) is 20.1 Å². The minimum absolute atomic E-state index is 0.691. The zero-order valence-corrected chi connectivity index (χ0v) is 7.22. The van der Waals surface area contributed by atoms with Crippen molar-refractivity contribution < 1.29 is 4.90 Å². The van der Waals surface area contributed by atoms with Gasteiger partial charge in [-0.2, -0.15) is 7.05 Å². The van der Waals surface area contributed by atoms with E-state index in [-0.39, 0.29) is 0 Å². The van der Waals surface area contributed by atoms with Crippen molar-refractivity contribution in [3.63, 3.8) is 0 Å². The molecule has 0 aromatic carbocycles. The maximum atomic E-state index is 4.02. The Morgan fingerprint density at radius 2 is 1.70 bits per heavy atom. The zero-order valence-electron chi connectivity index (χ0n) is 7.22. The Bertz CT molecular complexity index is 102. The highest BCUT2D eigenvalue weighted by molar-refractivity contribution is 4.72. The van der Waals surface area contributed by atoms with Crippen LogP contribution in [-0.2, 0) is 0 Å². The number of nitrogens with one attached hydrogen (secondary N) is 1. The van der Waals surface area contributed by atoms with E-state index in [4.69, 9.17) is 0 Å². The van der Waals surface area contributed by atoms with Crippen molar-refractivity contribution in [3.05, 3.63) is 7.05 Å². The lowest BCUT2D eigenvalue weighted by Crippen LogP contribution is -3.11. The van der Waals surface area contributed by atoms with E-state index >= 15 is 0 Å². The van der Waals surface area contributed by atoms with Gasteiger partial charge >= 0.3 is 0 Å². The lowest BCUT2D eigenvalue weighted by Gasteiger charge is -2.41. The summed E-state index contributed by atoms with van der Waals surface area (Å²) in [6.45, 7) is 6.89. The third-order valence-corrected chi connectivity index (χ3v) is 2.56. The van der Waals surface area contributed by atoms with Gasteiger partial charge in [-0.1, -0.05) is 0 Å². The van der Waals surface area contributed by atoms with E-state index in [9.17, 15) is 0 Å². The smallest absolute Gasteiger partial charge is 0.0686 e. The molecule has 0 aromatic heterocycles. The molecule has 0 bridgehead atoms. The van der Waals surface area contributed by atoms with Crippen LogP contribution in [0.2, 0.25) is 0 Å². The second-order valence-electron chi connectivity index (χ2n) is 3.52. The topological polar surface area (TPSA) is 7.68 Å². The molecule has 0 aliphatic carbocycles. The molecular formula is C8H18N2. The second-order valence-corrected chi connectivity index (χ2v) is 3.52. The van der Waals surface area contributed by atoms with E-state index in [1.165, 1.54) is 18.0 Å². The first kappa shape index (κ1) is 8.02. The van der Waals surface area contributed by atoms with Crippen molar-refractivity contribution in [1.29, 1.82) is 0 Å². The van der Waals surface area contributed by atoms with Gasteiger partial charge in [0.1, 0.15) is 0 Å². The predicted octanol–water partition coefficient (Wildman–Crippen LogP) is -0.615. The van der Waals surface area contributed by atoms with Crippen LogP contribution in [0, 0.1) is 7.05 Å². The van der Waals surface area contributed by atoms with Gasteiger partial charge in [-0.3, -0.25) is 4.90 Å². The molecule has 1 rings (SSSR count). The summed E-state index contributed by atoms with van der Waals surface area (Å²) >= 11 is 0. The van der Waals surface area contributed by atoms with Gasteiger partial charge in [0.05, 0.1) is 25.2 Å². The van der Waals surface area contributed by atoms with Crippen molar-refractivity contribution in [2.45, 2.75) is 25.9 Å². The molecule has 0 amide bonds. The summed E-state index contributed by atoms with van der Waals surface area (Å²) in [5.74, 6) is 0. The molecule has 1 saturated heterocycles. The van der Waals surface area contributed by atoms with E-state index in [0.29, 0.717) is 12.1 Å². The summed E-state index contributed by atoms with van der Waals surface area (Å²) in [6.07, 6.45) is 0. The van der Waals surface area contributed by atoms with Crippen LogP contribution in [0.4, 0.5) is 0 Å². The van der Waals surface area contributed by atoms with Gasteiger partial charge in [0.15, 0.2) is 0 Å². The Morgan fingerprint density at radius 3 is 2.10 bits per heavy atom. The SMILES string of the molecule is [CH2-][NH+]1C[C@@H](C)N(C)[C@@H](C)C1. The Balaban J connectivity index is 2.49. The standard InChI is InChI=1S/C8H18N2/c1-7-5-9(3)6-8(2)10(7)4/h7-9H,3,5-6H2,1-2,4H3/t7-,8+. The van der Waals surface area contributed by atoms with Crippen LogP contribution < -0.4 is 4.90 Å². The van der Waals surface area contributed by atoms with Gasteiger partial charge < -0.3 is 4.90 Å². The van der Waals surface area contributed by atoms with Crippen LogP contribution >= 0.6 is 0 Å². The van der Waals surface area contributed by atoms with Crippen molar-refractivity contribution >= 4 is 0 Å². The fourth-order valence-corrected chi connectivity index (χ4v) is 1.64. The number of piperazine rings is 1. The summed E-state index contributed by atoms with van der Waals surface area (Å²) in [6, 6.07) is 1.38. The molecular weight excluding hydrogens is 124 g/mol. The van der Waals surface area contributed by atoms with Gasteiger partial charge in [-0.15, -0.1) is 0 Å². The molecule has 2 nitrogen and oxygen atoms in total. The highest BCUT2D eigenvalue weighted by Gasteiger charge is 2.24. The Hall–Kier alpha value is -0.0800. The summed E-state index contributed by atoms with van der Waals surface area (Å²) in [7, 11) is 6.22. The number of likely N-dealkylation sites (N-methyl/N-ethyl adjacent to an activating group) is 1. The summed E-state index contributed by atoms with van der Waals surface area (Å²) in [4.78, 5) is 3.84. The molecule has 1 unspecified atom stereocenters. The molecule has 1 fully saturated rings. The molecule has 1 N–H and O–H groups in total. The Labute approximate surface area is 63.8 Å². The van der Waals surface area contributed by atoms with Crippen molar-refractivity contribution in [2.24, 2.45) is 0 Å². The Kier molecular flexibility index (Phi) is 2.32. The maximum Gasteiger partial charge on any atom is 0.0686 e. The summed E-state index contributed by atoms with van der Waals surface area (Å²) in [5, 5.41) is 0. The van der Waals surface area contributed by atoms with Gasteiger partial charge in [-0.05, 0) is 20.9 Å². The van der Waals surface area contributed by atoms with Gasteiger partial charge in [-0.25, -0.2) is 0 Å². The average Bonchev–Trinajstić information content (AvgIpc) is 1.82. The van der Waals surface area contributed by atoms with Crippen molar-refractivity contribution in [3.8, 4) is 0 Å². The lowest BCUT2D eigenvalue weighted by molar-refractivity contribution is -0.865. The molecule has 1 aliphatic heterocycles. The van der Waals surface area contributed by atoms with Crippen LogP contribution in [0.1, 0.15) is 13.8 Å². The second kappa shape index (κ2) is 2.89. The predicted molar refractivity (Wildman–Crippen MR) is 42.7 cm³/mol. The fourth-order valence-electron chi connectivity index (χ4n) is 1.64. The molecule has 10 heavy (non-hydrogen) atoms. The third kappa shape index (κ3) is 1.50. The number of quaternary nitrogens is 1. The first-order valence-electron chi connectivity index (χ1n) is 4.00. The molecule has 1 aliphatic rings. The minimum atomic E-state index is 0.691. The van der Waals surface area contributed by atoms with Crippen molar-refractivity contribution in [1.82, 2.24) is 4.90 Å². The largest absolute Gasteiger partial charge is 0.465 e. The first-order valence-corrected chi connectivity index (χ1v) is 4.00. The molecule has 0 saturated carbocycles. The van der Waals surface area contributed by atoms with E-state index in [2.05, 4.69) is 32.8 Å². The molecule has 1 heterocycles. The number of rotatable bonds is 0. The van der Waals surface area contributed by atoms with Gasteiger partial charge in [0, 0.05) is 0 Å². The third-order valence-electron chi connectivity index (χ3n) is 2.56. The molecule has 2 heteroatoms. The minimum Gasteiger partial charge on any atom is -0.465 e. The van der Waals surface area contributed by atoms with E-state index in [1.807, 2.05) is 0 Å². The van der Waals surface area contributed by atoms with Crippen LogP contribution in [-0.4, -0.2) is 37.1 Å². The number of hydrogen-bond acceptors (Lipinski definition) is 1. The maximum absolute atomic E-state index is 4.02. The van der Waals surface area contributed by atoms with E-state index < -0.39 is 0 Å². The molecule has 0 spiro atoms. The molecule has 60 valence electrons. The van der Waals surface area contributed by atoms with Gasteiger partial charge in [0.2, 0.25) is 0 Å². The van der Waals surface area contributed by atoms with Crippen LogP contribution in [0.15, 0.2) is 0 Å². The quantitative estimate of drug-likeness (QED) is 0.443. The first-order chi connectivity index (χ1) is 4.61. The average molecular weight is 142 g/mol. The highest BCUT2D eigenvalue weighted by atomic mass is 15.3. The normalized spacial score (nSPS) is 43.8. The van der Waals surface area contributed by atoms with Crippen LogP contribution in [0.3, 0.4) is 0 Å². The number of nitrogens with zero attached hydrogens (tertiary/aromatic N) is 1. The van der Waals surface area contributed by atoms with Crippen LogP contribution in [0.5, 0.6) is 0 Å². The molecule has 3 atom stereocenters. The molecule has 0 radical (unpaired) electrons. The van der Waals surface area contributed by atoms with E-state index in [0.717, 1.165) is 0 Å². The Morgan fingerprint density at radius 1 is 1.30 bits per heavy atom. The summed E-state index contributed by atoms with van der Waals surface area (Å²) < 4.78 is 0. The number of hydrogen-bond donors (Lipinski definition) is 1. The highest BCUT2D eigenvalue weighted by Crippen LogP contribution is 2.01. The zero-order chi connectivity index (χ0) is 7.72. The van der Waals surface area contributed by atoms with Gasteiger partial charge in [0.25, 0.3) is 0 Å². The lowest BCUT2D eigenvalue weighted by atomic mass is 10.1.